The Bertz CT molecular complexity index is 660. The average molecular weight is 311 g/mol. The van der Waals surface area contributed by atoms with Gasteiger partial charge in [-0.25, -0.2) is 0 Å². The quantitative estimate of drug-likeness (QED) is 0.847. The summed E-state index contributed by atoms with van der Waals surface area (Å²) in [5, 5.41) is 3.53. The number of carbonyl (C=O) groups excluding carboxylic acids is 1. The van der Waals surface area contributed by atoms with Gasteiger partial charge in [0.2, 0.25) is 0 Å². The monoisotopic (exact) mass is 310 g/mol. The highest BCUT2D eigenvalue weighted by Crippen LogP contribution is 2.28. The summed E-state index contributed by atoms with van der Waals surface area (Å²) >= 11 is 11.8. The lowest BCUT2D eigenvalue weighted by atomic mass is 10.1. The van der Waals surface area contributed by atoms with E-state index in [4.69, 9.17) is 33.7 Å². The fraction of sp³-hybridized carbons (Fsp3) is 0.0714. The number of hydrogen-bond donors (Lipinski definition) is 2. The fourth-order valence-corrected chi connectivity index (χ4v) is 2.16. The standard InChI is InChI=1S/C14H12Cl2N2O2/c1-20-12-4-2-3-9(13(12)17)14(19)18-11-6-5-8(15)7-10(11)16/h2-7H,17H2,1H3,(H,18,19). The molecule has 2 aromatic carbocycles. The summed E-state index contributed by atoms with van der Waals surface area (Å²) in [4.78, 5) is 12.2. The minimum atomic E-state index is -0.370. The Morgan fingerprint density at radius 3 is 2.65 bits per heavy atom. The lowest BCUT2D eigenvalue weighted by molar-refractivity contribution is 0.102. The Balaban J connectivity index is 2.28. The maximum Gasteiger partial charge on any atom is 0.257 e. The number of nitrogen functional groups attached to an aromatic ring is 1. The number of hydrogen-bond acceptors (Lipinski definition) is 3. The van der Waals surface area contributed by atoms with E-state index in [9.17, 15) is 4.79 Å². The number of amides is 1. The van der Waals surface area contributed by atoms with Gasteiger partial charge in [-0.15, -0.1) is 0 Å². The number of para-hydroxylation sites is 1. The molecule has 0 aromatic heterocycles. The predicted octanol–water partition coefficient (Wildman–Crippen LogP) is 3.84. The van der Waals surface area contributed by atoms with E-state index in [-0.39, 0.29) is 11.6 Å². The molecule has 1 amide bonds. The molecule has 4 nitrogen and oxygen atoms in total. The van der Waals surface area contributed by atoms with E-state index in [1.807, 2.05) is 0 Å². The molecule has 0 saturated carbocycles. The first-order valence-electron chi connectivity index (χ1n) is 5.72. The van der Waals surface area contributed by atoms with Crippen molar-refractivity contribution in [2.24, 2.45) is 0 Å². The van der Waals surface area contributed by atoms with Gasteiger partial charge in [0.25, 0.3) is 5.91 Å². The Hall–Kier alpha value is -1.91. The van der Waals surface area contributed by atoms with E-state index in [0.29, 0.717) is 27.0 Å². The van der Waals surface area contributed by atoms with Crippen molar-refractivity contribution < 1.29 is 9.53 Å². The van der Waals surface area contributed by atoms with Gasteiger partial charge in [-0.3, -0.25) is 4.79 Å². The van der Waals surface area contributed by atoms with Crippen molar-refractivity contribution >= 4 is 40.5 Å². The molecule has 2 aromatic rings. The molecule has 104 valence electrons. The van der Waals surface area contributed by atoms with Crippen LogP contribution < -0.4 is 15.8 Å². The highest BCUT2D eigenvalue weighted by molar-refractivity contribution is 6.36. The lowest BCUT2D eigenvalue weighted by Gasteiger charge is -2.11. The van der Waals surface area contributed by atoms with Gasteiger partial charge in [0, 0.05) is 5.02 Å². The van der Waals surface area contributed by atoms with E-state index in [0.717, 1.165) is 0 Å². The lowest BCUT2D eigenvalue weighted by Crippen LogP contribution is -2.14. The second-order valence-corrected chi connectivity index (χ2v) is 4.84. The molecule has 0 aliphatic heterocycles. The van der Waals surface area contributed by atoms with Crippen molar-refractivity contribution in [2.45, 2.75) is 0 Å². The number of rotatable bonds is 3. The van der Waals surface area contributed by atoms with Crippen molar-refractivity contribution in [2.75, 3.05) is 18.2 Å². The van der Waals surface area contributed by atoms with Gasteiger partial charge >= 0.3 is 0 Å². The molecule has 0 radical (unpaired) electrons. The van der Waals surface area contributed by atoms with Gasteiger partial charge in [-0.1, -0.05) is 29.3 Å². The van der Waals surface area contributed by atoms with Gasteiger partial charge in [-0.05, 0) is 30.3 Å². The first-order chi connectivity index (χ1) is 9.52. The topological polar surface area (TPSA) is 64.3 Å². The molecular weight excluding hydrogens is 299 g/mol. The number of carbonyl (C=O) groups is 1. The molecule has 0 atom stereocenters. The van der Waals surface area contributed by atoms with Gasteiger partial charge in [0.15, 0.2) is 0 Å². The highest BCUT2D eigenvalue weighted by Gasteiger charge is 2.14. The molecule has 3 N–H and O–H groups in total. The van der Waals surface area contributed by atoms with Crippen LogP contribution in [0.2, 0.25) is 10.0 Å². The number of methoxy groups -OCH3 is 1. The number of nitrogens with two attached hydrogens (primary N) is 1. The normalized spacial score (nSPS) is 10.2. The van der Waals surface area contributed by atoms with Crippen molar-refractivity contribution in [1.29, 1.82) is 0 Å². The zero-order valence-electron chi connectivity index (χ0n) is 10.6. The van der Waals surface area contributed by atoms with Crippen molar-refractivity contribution in [3.8, 4) is 5.75 Å². The van der Waals surface area contributed by atoms with E-state index in [1.54, 1.807) is 36.4 Å². The molecule has 20 heavy (non-hydrogen) atoms. The maximum atomic E-state index is 12.2. The van der Waals surface area contributed by atoms with E-state index >= 15 is 0 Å². The number of anilines is 2. The number of halogens is 2. The van der Waals surface area contributed by atoms with Gasteiger partial charge in [0.1, 0.15) is 5.75 Å². The van der Waals surface area contributed by atoms with Gasteiger partial charge in [-0.2, -0.15) is 0 Å². The molecular formula is C14H12Cl2N2O2. The summed E-state index contributed by atoms with van der Waals surface area (Å²) in [5.74, 6) is 0.0745. The Kier molecular flexibility index (Phi) is 4.37. The average Bonchev–Trinajstić information content (AvgIpc) is 2.42. The molecule has 0 bridgehead atoms. The van der Waals surface area contributed by atoms with E-state index in [2.05, 4.69) is 5.32 Å². The van der Waals surface area contributed by atoms with Crippen LogP contribution in [0.4, 0.5) is 11.4 Å². The summed E-state index contributed by atoms with van der Waals surface area (Å²) < 4.78 is 5.08. The van der Waals surface area contributed by atoms with Crippen molar-refractivity contribution in [3.63, 3.8) is 0 Å². The first-order valence-corrected chi connectivity index (χ1v) is 6.47. The Morgan fingerprint density at radius 1 is 1.25 bits per heavy atom. The second kappa shape index (κ2) is 6.03. The zero-order chi connectivity index (χ0) is 14.7. The van der Waals surface area contributed by atoms with Gasteiger partial charge in [0.05, 0.1) is 29.1 Å². The zero-order valence-corrected chi connectivity index (χ0v) is 12.1. The third kappa shape index (κ3) is 2.98. The predicted molar refractivity (Wildman–Crippen MR) is 81.8 cm³/mol. The summed E-state index contributed by atoms with van der Waals surface area (Å²) in [7, 11) is 1.49. The third-order valence-electron chi connectivity index (χ3n) is 2.71. The molecule has 0 fully saturated rings. The van der Waals surface area contributed by atoms with Crippen LogP contribution >= 0.6 is 23.2 Å². The molecule has 2 rings (SSSR count). The van der Waals surface area contributed by atoms with E-state index < -0.39 is 0 Å². The summed E-state index contributed by atoms with van der Waals surface area (Å²) in [6, 6.07) is 9.79. The third-order valence-corrected chi connectivity index (χ3v) is 3.26. The molecule has 0 unspecified atom stereocenters. The highest BCUT2D eigenvalue weighted by atomic mass is 35.5. The smallest absolute Gasteiger partial charge is 0.257 e. The van der Waals surface area contributed by atoms with Crippen LogP contribution in [0.15, 0.2) is 36.4 Å². The van der Waals surface area contributed by atoms with Crippen LogP contribution in [0.1, 0.15) is 10.4 Å². The maximum absolute atomic E-state index is 12.2. The molecule has 6 heteroatoms. The number of benzene rings is 2. The second-order valence-electron chi connectivity index (χ2n) is 4.00. The van der Waals surface area contributed by atoms with Crippen molar-refractivity contribution in [1.82, 2.24) is 0 Å². The van der Waals surface area contributed by atoms with Crippen LogP contribution in [-0.2, 0) is 0 Å². The minimum absolute atomic E-state index is 0.276. The SMILES string of the molecule is COc1cccc(C(=O)Nc2ccc(Cl)cc2Cl)c1N. The number of ether oxygens (including phenoxy) is 1. The van der Waals surface area contributed by atoms with Crippen LogP contribution in [0.5, 0.6) is 5.75 Å². The van der Waals surface area contributed by atoms with Gasteiger partial charge < -0.3 is 15.8 Å². The fourth-order valence-electron chi connectivity index (χ4n) is 1.70. The number of nitrogens with one attached hydrogen (secondary N) is 1. The van der Waals surface area contributed by atoms with Crippen LogP contribution in [0, 0.1) is 0 Å². The Morgan fingerprint density at radius 2 is 2.00 bits per heavy atom. The summed E-state index contributed by atoms with van der Waals surface area (Å²) in [6.45, 7) is 0. The minimum Gasteiger partial charge on any atom is -0.495 e. The van der Waals surface area contributed by atoms with Crippen LogP contribution in [0.3, 0.4) is 0 Å². The molecule has 0 saturated heterocycles. The molecule has 0 aliphatic carbocycles. The van der Waals surface area contributed by atoms with E-state index in [1.165, 1.54) is 7.11 Å². The van der Waals surface area contributed by atoms with Crippen LogP contribution in [0.25, 0.3) is 0 Å². The summed E-state index contributed by atoms with van der Waals surface area (Å²) in [5.41, 5.74) is 6.92. The molecule has 0 aliphatic rings. The molecule has 0 spiro atoms. The Labute approximate surface area is 126 Å². The largest absolute Gasteiger partial charge is 0.495 e. The molecule has 0 heterocycles. The van der Waals surface area contributed by atoms with Crippen molar-refractivity contribution in [3.05, 3.63) is 52.0 Å². The first kappa shape index (κ1) is 14.5. The summed E-state index contributed by atoms with van der Waals surface area (Å²) in [6.07, 6.45) is 0. The van der Waals surface area contributed by atoms with Crippen LogP contribution in [-0.4, -0.2) is 13.0 Å².